The van der Waals surface area contributed by atoms with Crippen molar-refractivity contribution in [3.05, 3.63) is 73.5 Å². The van der Waals surface area contributed by atoms with Gasteiger partial charge in [-0.25, -0.2) is 14.6 Å². The quantitative estimate of drug-likeness (QED) is 0.463. The van der Waals surface area contributed by atoms with Gasteiger partial charge in [-0.1, -0.05) is 24.7 Å². The Labute approximate surface area is 196 Å². The van der Waals surface area contributed by atoms with E-state index >= 15 is 0 Å². The number of aromatic nitrogens is 4. The lowest BCUT2D eigenvalue weighted by molar-refractivity contribution is -0.127. The number of para-hydroxylation sites is 1. The first-order valence-corrected chi connectivity index (χ1v) is 10.5. The zero-order valence-corrected chi connectivity index (χ0v) is 17.7. The summed E-state index contributed by atoms with van der Waals surface area (Å²) in [6, 6.07) is 14.6. The third-order valence-electron chi connectivity index (χ3n) is 5.56. The Bertz CT molecular complexity index is 1490. The monoisotopic (exact) mass is 444 g/mol. The lowest BCUT2D eigenvalue weighted by Gasteiger charge is -2.32. The van der Waals surface area contributed by atoms with Crippen LogP contribution in [-0.4, -0.2) is 43.6 Å². The van der Waals surface area contributed by atoms with Crippen molar-refractivity contribution < 1.29 is 15.0 Å². The standard InChI is InChI=1S/C25H24N6O2/c1-2-21(32)30-14-6-7-18(15-30)31-25-22(24(26)27-16-28-25)23(29-31)17-10-12-20(13-11-17)33-19-8-4-3-5-9-19/h2-5,8-13,16,18H,1,6-7,14-15H2,(H2,26,27,28)/t18-/m1/s1/i1D2,2D,18D. The molecule has 0 radical (unpaired) electrons. The number of nitrogen functional groups attached to an aromatic ring is 1. The number of amides is 1. The summed E-state index contributed by atoms with van der Waals surface area (Å²) in [6.45, 7) is -0.620. The van der Waals surface area contributed by atoms with Crippen molar-refractivity contribution in [1.29, 1.82) is 0 Å². The summed E-state index contributed by atoms with van der Waals surface area (Å²) in [5.41, 5.74) is 7.81. The SMILES string of the molecule is [2H]C([2H])=C([2H])C(=O)N1CCC[C@@]([2H])(n2nc(-c3ccc(Oc4ccccc4)cc3)c3c(N)ncnc32)C1. The Hall–Kier alpha value is -4.20. The highest BCUT2D eigenvalue weighted by Crippen LogP contribution is 2.34. The second-order valence-electron chi connectivity index (χ2n) is 7.68. The minimum absolute atomic E-state index is 0.0779. The number of nitrogens with two attached hydrogens (primary N) is 1. The fraction of sp³-hybridized carbons (Fsp3) is 0.200. The Morgan fingerprint density at radius 1 is 1.21 bits per heavy atom. The van der Waals surface area contributed by atoms with Gasteiger partial charge in [-0.15, -0.1) is 0 Å². The normalized spacial score (nSPS) is 19.8. The Kier molecular flexibility index (Phi) is 4.35. The molecule has 0 unspecified atom stereocenters. The van der Waals surface area contributed by atoms with Crippen LogP contribution >= 0.6 is 0 Å². The van der Waals surface area contributed by atoms with Gasteiger partial charge in [0.05, 0.1) is 16.9 Å². The van der Waals surface area contributed by atoms with Crippen molar-refractivity contribution in [2.24, 2.45) is 0 Å². The van der Waals surface area contributed by atoms with E-state index in [9.17, 15) is 6.17 Å². The number of ether oxygens (including phenoxy) is 1. The topological polar surface area (TPSA) is 99.2 Å². The third kappa shape index (κ3) is 4.03. The van der Waals surface area contributed by atoms with Crippen LogP contribution in [0, 0.1) is 0 Å². The zero-order valence-electron chi connectivity index (χ0n) is 21.7. The second-order valence-corrected chi connectivity index (χ2v) is 7.68. The average molecular weight is 445 g/mol. The minimum Gasteiger partial charge on any atom is -0.457 e. The van der Waals surface area contributed by atoms with Crippen molar-refractivity contribution in [2.45, 2.75) is 18.9 Å². The summed E-state index contributed by atoms with van der Waals surface area (Å²) >= 11 is 0. The molecule has 8 nitrogen and oxygen atoms in total. The molecule has 3 heterocycles. The predicted molar refractivity (Wildman–Crippen MR) is 127 cm³/mol. The van der Waals surface area contributed by atoms with Gasteiger partial charge in [0, 0.05) is 18.7 Å². The molecule has 1 saturated heterocycles. The number of fused-ring (bicyclic) bond motifs is 1. The first kappa shape index (κ1) is 16.4. The van der Waals surface area contributed by atoms with Crippen LogP contribution in [0.5, 0.6) is 11.5 Å². The molecule has 2 aromatic heterocycles. The van der Waals surface area contributed by atoms with E-state index in [1.54, 1.807) is 0 Å². The van der Waals surface area contributed by atoms with Crippen molar-refractivity contribution in [3.8, 4) is 22.8 Å². The average Bonchev–Trinajstić information content (AvgIpc) is 3.31. The van der Waals surface area contributed by atoms with E-state index in [4.69, 9.17) is 19.7 Å². The van der Waals surface area contributed by atoms with Crippen LogP contribution in [0.1, 0.15) is 24.3 Å². The van der Waals surface area contributed by atoms with Crippen molar-refractivity contribution >= 4 is 22.8 Å². The molecule has 1 fully saturated rings. The second kappa shape index (κ2) is 8.74. The highest BCUT2D eigenvalue weighted by molar-refractivity contribution is 5.98. The smallest absolute Gasteiger partial charge is 0.246 e. The van der Waals surface area contributed by atoms with Gasteiger partial charge in [0.1, 0.15) is 29.3 Å². The molecule has 5 rings (SSSR count). The molecule has 2 N–H and O–H groups in total. The fourth-order valence-corrected chi connectivity index (χ4v) is 3.98. The highest BCUT2D eigenvalue weighted by atomic mass is 16.5. The molecule has 0 bridgehead atoms. The first-order chi connectivity index (χ1) is 17.8. The highest BCUT2D eigenvalue weighted by Gasteiger charge is 2.28. The minimum atomic E-state index is -1.40. The van der Waals surface area contributed by atoms with Crippen LogP contribution in [0.3, 0.4) is 0 Å². The van der Waals surface area contributed by atoms with Crippen LogP contribution in [0.15, 0.2) is 73.5 Å². The van der Waals surface area contributed by atoms with E-state index in [1.807, 2.05) is 54.6 Å². The molecule has 1 aliphatic rings. The van der Waals surface area contributed by atoms with Gasteiger partial charge in [0.25, 0.3) is 0 Å². The molecule has 8 heteroatoms. The molecule has 0 saturated carbocycles. The Morgan fingerprint density at radius 2 is 2.00 bits per heavy atom. The summed E-state index contributed by atoms with van der Waals surface area (Å²) in [7, 11) is 0. The third-order valence-corrected chi connectivity index (χ3v) is 5.56. The summed E-state index contributed by atoms with van der Waals surface area (Å²) in [5.74, 6) is 0.816. The molecular formula is C25H24N6O2. The number of hydrogen-bond donors (Lipinski definition) is 1. The number of carbonyl (C=O) groups excluding carboxylic acids is 1. The van der Waals surface area contributed by atoms with Gasteiger partial charge in [-0.05, 0) is 55.3 Å². The predicted octanol–water partition coefficient (Wildman–Crippen LogP) is 4.22. The summed E-state index contributed by atoms with van der Waals surface area (Å²) < 4.78 is 38.9. The van der Waals surface area contributed by atoms with Gasteiger partial charge in [-0.3, -0.25) is 4.79 Å². The number of rotatable bonds is 5. The Balaban J connectivity index is 1.52. The molecule has 1 amide bonds. The van der Waals surface area contributed by atoms with E-state index < -0.39 is 24.5 Å². The molecule has 0 aliphatic carbocycles. The van der Waals surface area contributed by atoms with Crippen LogP contribution in [0.25, 0.3) is 22.3 Å². The number of nitrogens with zero attached hydrogens (tertiary/aromatic N) is 5. The van der Waals surface area contributed by atoms with Gasteiger partial charge in [0.2, 0.25) is 5.91 Å². The zero-order chi connectivity index (χ0) is 26.2. The van der Waals surface area contributed by atoms with Gasteiger partial charge in [-0.2, -0.15) is 5.10 Å². The Morgan fingerprint density at radius 3 is 2.79 bits per heavy atom. The number of hydrogen-bond acceptors (Lipinski definition) is 6. The largest absolute Gasteiger partial charge is 0.457 e. The number of anilines is 1. The van der Waals surface area contributed by atoms with E-state index in [0.717, 1.165) is 5.56 Å². The molecule has 0 spiro atoms. The van der Waals surface area contributed by atoms with E-state index in [1.165, 1.54) is 15.9 Å². The van der Waals surface area contributed by atoms with Crippen LogP contribution < -0.4 is 10.5 Å². The number of piperidine rings is 1. The molecule has 1 atom stereocenters. The van der Waals surface area contributed by atoms with E-state index in [0.29, 0.717) is 47.6 Å². The van der Waals surface area contributed by atoms with E-state index in [-0.39, 0.29) is 12.4 Å². The van der Waals surface area contributed by atoms with Crippen molar-refractivity contribution in [3.63, 3.8) is 0 Å². The molecule has 4 aromatic rings. The maximum absolute atomic E-state index is 12.6. The molecule has 1 aliphatic heterocycles. The summed E-state index contributed by atoms with van der Waals surface area (Å²) in [6.07, 6.45) is 2.17. The summed E-state index contributed by atoms with van der Waals surface area (Å²) in [5, 5.41) is 5.23. The van der Waals surface area contributed by atoms with Crippen LogP contribution in [-0.2, 0) is 4.79 Å². The number of benzene rings is 2. The molecule has 33 heavy (non-hydrogen) atoms. The van der Waals surface area contributed by atoms with Crippen molar-refractivity contribution in [2.75, 3.05) is 18.8 Å². The molecule has 166 valence electrons. The molecule has 2 aromatic carbocycles. The number of carbonyl (C=O) groups is 1. The molecular weight excluding hydrogens is 416 g/mol. The first-order valence-electron chi connectivity index (χ1n) is 12.5. The number of likely N-dealkylation sites (tertiary alicyclic amines) is 1. The fourth-order valence-electron chi connectivity index (χ4n) is 3.98. The van der Waals surface area contributed by atoms with Crippen LogP contribution in [0.4, 0.5) is 5.82 Å². The van der Waals surface area contributed by atoms with Crippen LogP contribution in [0.2, 0.25) is 0 Å². The van der Waals surface area contributed by atoms with Crippen molar-refractivity contribution in [1.82, 2.24) is 24.6 Å². The van der Waals surface area contributed by atoms with E-state index in [2.05, 4.69) is 9.97 Å². The van der Waals surface area contributed by atoms with Gasteiger partial charge in [0.15, 0.2) is 5.65 Å². The lowest BCUT2D eigenvalue weighted by Crippen LogP contribution is -2.40. The lowest BCUT2D eigenvalue weighted by atomic mass is 10.1. The van der Waals surface area contributed by atoms with Gasteiger partial charge >= 0.3 is 0 Å². The maximum atomic E-state index is 12.6. The van der Waals surface area contributed by atoms with Gasteiger partial charge < -0.3 is 15.4 Å². The maximum Gasteiger partial charge on any atom is 0.246 e. The summed E-state index contributed by atoms with van der Waals surface area (Å²) in [4.78, 5) is 22.4.